The Balaban J connectivity index is 0.00000400. The molecule has 0 atom stereocenters. The Bertz CT molecular complexity index is 447. The van der Waals surface area contributed by atoms with E-state index in [1.807, 2.05) is 0 Å². The van der Waals surface area contributed by atoms with Gasteiger partial charge in [0, 0.05) is 26.7 Å². The Kier molecular flexibility index (Phi) is 8.53. The maximum absolute atomic E-state index is 12.0. The zero-order valence-electron chi connectivity index (χ0n) is 13.8. The Labute approximate surface area is 146 Å². The SMILES string of the molecule is CN=C(NCCCC(C)C)N1CCS(=O)(=O)C(C)(C)C1.I. The van der Waals surface area contributed by atoms with Gasteiger partial charge in [-0.2, -0.15) is 0 Å². The first-order valence-corrected chi connectivity index (χ1v) is 9.03. The molecule has 1 aliphatic heterocycles. The fourth-order valence-electron chi connectivity index (χ4n) is 2.37. The molecule has 1 aliphatic rings. The highest BCUT2D eigenvalue weighted by molar-refractivity contribution is 14.0. The fourth-order valence-corrected chi connectivity index (χ4v) is 3.73. The predicted molar refractivity (Wildman–Crippen MR) is 100 cm³/mol. The quantitative estimate of drug-likeness (QED) is 0.321. The van der Waals surface area contributed by atoms with Crippen LogP contribution in [0.4, 0.5) is 0 Å². The first-order chi connectivity index (χ1) is 9.19. The molecule has 0 saturated carbocycles. The zero-order chi connectivity index (χ0) is 15.4. The standard InChI is InChI=1S/C14H29N3O2S.HI/c1-12(2)7-6-8-16-13(15-5)17-9-10-20(18,19)14(3,4)11-17;/h12H,6-11H2,1-5H3,(H,15,16);1H. The van der Waals surface area contributed by atoms with E-state index in [0.717, 1.165) is 18.9 Å². The minimum Gasteiger partial charge on any atom is -0.356 e. The van der Waals surface area contributed by atoms with Crippen molar-refractivity contribution in [2.45, 2.75) is 45.3 Å². The molecule has 0 spiro atoms. The molecule has 0 amide bonds. The largest absolute Gasteiger partial charge is 0.356 e. The molecule has 1 heterocycles. The number of aliphatic imine (C=N–C) groups is 1. The smallest absolute Gasteiger partial charge is 0.193 e. The van der Waals surface area contributed by atoms with Crippen molar-refractivity contribution in [3.63, 3.8) is 0 Å². The lowest BCUT2D eigenvalue weighted by atomic mass is 10.1. The minimum absolute atomic E-state index is 0. The van der Waals surface area contributed by atoms with E-state index in [-0.39, 0.29) is 29.7 Å². The van der Waals surface area contributed by atoms with E-state index < -0.39 is 14.6 Å². The van der Waals surface area contributed by atoms with Gasteiger partial charge in [-0.3, -0.25) is 4.99 Å². The maximum atomic E-state index is 12.0. The summed E-state index contributed by atoms with van der Waals surface area (Å²) in [6, 6.07) is 0. The van der Waals surface area contributed by atoms with Crippen molar-refractivity contribution in [2.75, 3.05) is 32.4 Å². The first-order valence-electron chi connectivity index (χ1n) is 7.37. The number of nitrogens with zero attached hydrogens (tertiary/aromatic N) is 2. The van der Waals surface area contributed by atoms with Gasteiger partial charge >= 0.3 is 0 Å². The molecule has 0 aliphatic carbocycles. The molecule has 21 heavy (non-hydrogen) atoms. The Hall–Kier alpha value is -0.0500. The monoisotopic (exact) mass is 431 g/mol. The van der Waals surface area contributed by atoms with E-state index in [2.05, 4.69) is 29.1 Å². The highest BCUT2D eigenvalue weighted by atomic mass is 127. The van der Waals surface area contributed by atoms with Crippen molar-refractivity contribution in [2.24, 2.45) is 10.9 Å². The molecular formula is C14H30IN3O2S. The number of halogens is 1. The molecule has 0 unspecified atom stereocenters. The molecule has 0 bridgehead atoms. The third kappa shape index (κ3) is 5.92. The summed E-state index contributed by atoms with van der Waals surface area (Å²) in [5.74, 6) is 1.72. The van der Waals surface area contributed by atoms with Crippen molar-refractivity contribution in [1.29, 1.82) is 0 Å². The van der Waals surface area contributed by atoms with E-state index in [9.17, 15) is 8.42 Å². The normalized spacial score (nSPS) is 21.0. The van der Waals surface area contributed by atoms with Crippen LogP contribution >= 0.6 is 24.0 Å². The van der Waals surface area contributed by atoms with Gasteiger partial charge in [-0.05, 0) is 32.6 Å². The van der Waals surface area contributed by atoms with Crippen LogP contribution in [-0.2, 0) is 9.84 Å². The summed E-state index contributed by atoms with van der Waals surface area (Å²) >= 11 is 0. The lowest BCUT2D eigenvalue weighted by molar-refractivity contribution is 0.352. The van der Waals surface area contributed by atoms with Crippen molar-refractivity contribution in [1.82, 2.24) is 10.2 Å². The summed E-state index contributed by atoms with van der Waals surface area (Å²) in [6.07, 6.45) is 2.29. The summed E-state index contributed by atoms with van der Waals surface area (Å²) in [5.41, 5.74) is 0. The van der Waals surface area contributed by atoms with Crippen LogP contribution in [0.25, 0.3) is 0 Å². The summed E-state index contributed by atoms with van der Waals surface area (Å²) in [4.78, 5) is 6.33. The van der Waals surface area contributed by atoms with Gasteiger partial charge in [-0.25, -0.2) is 8.42 Å². The Morgan fingerprint density at radius 3 is 2.48 bits per heavy atom. The molecule has 5 nitrogen and oxygen atoms in total. The highest BCUT2D eigenvalue weighted by Gasteiger charge is 2.40. The second-order valence-electron chi connectivity index (χ2n) is 6.51. The summed E-state index contributed by atoms with van der Waals surface area (Å²) < 4.78 is 23.3. The van der Waals surface area contributed by atoms with Crippen LogP contribution in [0.3, 0.4) is 0 Å². The molecule has 126 valence electrons. The second kappa shape index (κ2) is 8.55. The molecule has 1 N–H and O–H groups in total. The van der Waals surface area contributed by atoms with Gasteiger partial charge in [0.05, 0.1) is 10.5 Å². The Morgan fingerprint density at radius 2 is 2.00 bits per heavy atom. The van der Waals surface area contributed by atoms with Crippen LogP contribution in [0.1, 0.15) is 40.5 Å². The van der Waals surface area contributed by atoms with Crippen LogP contribution in [0.15, 0.2) is 4.99 Å². The fraction of sp³-hybridized carbons (Fsp3) is 0.929. The molecule has 0 aromatic rings. The number of rotatable bonds is 4. The van der Waals surface area contributed by atoms with Crippen LogP contribution in [0.5, 0.6) is 0 Å². The maximum Gasteiger partial charge on any atom is 0.193 e. The number of hydrogen-bond acceptors (Lipinski definition) is 3. The van der Waals surface area contributed by atoms with Gasteiger partial charge < -0.3 is 10.2 Å². The second-order valence-corrected chi connectivity index (χ2v) is 9.25. The topological polar surface area (TPSA) is 61.8 Å². The minimum atomic E-state index is -3.00. The van der Waals surface area contributed by atoms with E-state index in [1.165, 1.54) is 6.42 Å². The Morgan fingerprint density at radius 1 is 1.38 bits per heavy atom. The molecule has 1 fully saturated rings. The number of guanidine groups is 1. The lowest BCUT2D eigenvalue weighted by Crippen LogP contribution is -2.57. The highest BCUT2D eigenvalue weighted by Crippen LogP contribution is 2.23. The molecule has 1 rings (SSSR count). The lowest BCUT2D eigenvalue weighted by Gasteiger charge is -2.39. The first kappa shape index (κ1) is 20.9. The third-order valence-electron chi connectivity index (χ3n) is 3.80. The van der Waals surface area contributed by atoms with Crippen LogP contribution in [0.2, 0.25) is 0 Å². The van der Waals surface area contributed by atoms with Crippen LogP contribution in [-0.4, -0.2) is 56.5 Å². The van der Waals surface area contributed by atoms with Gasteiger partial charge in [-0.1, -0.05) is 13.8 Å². The summed E-state index contributed by atoms with van der Waals surface area (Å²) in [6.45, 7) is 9.92. The van der Waals surface area contributed by atoms with Gasteiger partial charge in [-0.15, -0.1) is 24.0 Å². The van der Waals surface area contributed by atoms with E-state index in [1.54, 1.807) is 20.9 Å². The van der Waals surface area contributed by atoms with Crippen molar-refractivity contribution < 1.29 is 8.42 Å². The number of sulfone groups is 1. The van der Waals surface area contributed by atoms with Gasteiger partial charge in [0.1, 0.15) is 0 Å². The number of nitrogens with one attached hydrogen (secondary N) is 1. The predicted octanol–water partition coefficient (Wildman–Crippen LogP) is 2.13. The van der Waals surface area contributed by atoms with Crippen molar-refractivity contribution >= 4 is 39.8 Å². The average molecular weight is 431 g/mol. The van der Waals surface area contributed by atoms with Crippen molar-refractivity contribution in [3.8, 4) is 0 Å². The van der Waals surface area contributed by atoms with Crippen LogP contribution < -0.4 is 5.32 Å². The molecule has 7 heteroatoms. The van der Waals surface area contributed by atoms with Gasteiger partial charge in [0.15, 0.2) is 15.8 Å². The van der Waals surface area contributed by atoms with Crippen molar-refractivity contribution in [3.05, 3.63) is 0 Å². The summed E-state index contributed by atoms with van der Waals surface area (Å²) in [7, 11) is -1.25. The summed E-state index contributed by atoms with van der Waals surface area (Å²) in [5, 5.41) is 3.34. The van der Waals surface area contributed by atoms with Gasteiger partial charge in [0.2, 0.25) is 0 Å². The molecule has 0 aromatic carbocycles. The third-order valence-corrected chi connectivity index (χ3v) is 6.33. The van der Waals surface area contributed by atoms with Gasteiger partial charge in [0.25, 0.3) is 0 Å². The molecule has 0 aromatic heterocycles. The van der Waals surface area contributed by atoms with E-state index in [0.29, 0.717) is 19.0 Å². The van der Waals surface area contributed by atoms with E-state index >= 15 is 0 Å². The average Bonchev–Trinajstić information content (AvgIpc) is 2.33. The molecule has 1 saturated heterocycles. The molecule has 0 radical (unpaired) electrons. The zero-order valence-corrected chi connectivity index (χ0v) is 17.0. The number of hydrogen-bond donors (Lipinski definition) is 1. The van der Waals surface area contributed by atoms with E-state index in [4.69, 9.17) is 0 Å². The van der Waals surface area contributed by atoms with Crippen LogP contribution in [0, 0.1) is 5.92 Å². The molecular weight excluding hydrogens is 401 g/mol.